The van der Waals surface area contributed by atoms with E-state index < -0.39 is 0 Å². The molecule has 1 saturated heterocycles. The standard InChI is InChI=1S/C13H14BrN3O2/c1-13(7-15-8-13)18-6-11-16-12(17-19-11)9-2-4-10(14)5-3-9/h2-5,15H,6-8H2,1H3. The molecule has 0 saturated carbocycles. The molecule has 0 amide bonds. The molecule has 1 aliphatic heterocycles. The molecule has 1 aliphatic rings. The topological polar surface area (TPSA) is 60.2 Å². The maximum atomic E-state index is 5.75. The number of nitrogens with one attached hydrogen (secondary N) is 1. The molecule has 5 nitrogen and oxygen atoms in total. The molecule has 0 unspecified atom stereocenters. The van der Waals surface area contributed by atoms with Crippen molar-refractivity contribution in [2.24, 2.45) is 0 Å². The molecule has 2 heterocycles. The number of rotatable bonds is 4. The summed E-state index contributed by atoms with van der Waals surface area (Å²) in [5, 5.41) is 7.14. The first-order valence-corrected chi connectivity index (χ1v) is 6.87. The molecule has 0 aliphatic carbocycles. The second kappa shape index (κ2) is 5.03. The normalized spacial score (nSPS) is 17.2. The second-order valence-corrected chi connectivity index (χ2v) is 5.78. The van der Waals surface area contributed by atoms with Gasteiger partial charge in [0, 0.05) is 23.1 Å². The van der Waals surface area contributed by atoms with Crippen LogP contribution < -0.4 is 5.32 Å². The predicted molar refractivity (Wildman–Crippen MR) is 73.5 cm³/mol. The van der Waals surface area contributed by atoms with Crippen LogP contribution in [0.25, 0.3) is 11.4 Å². The van der Waals surface area contributed by atoms with Crippen LogP contribution in [0, 0.1) is 0 Å². The van der Waals surface area contributed by atoms with Crippen molar-refractivity contribution < 1.29 is 9.26 Å². The zero-order chi connectivity index (χ0) is 13.3. The third-order valence-corrected chi connectivity index (χ3v) is 3.64. The summed E-state index contributed by atoms with van der Waals surface area (Å²) in [5.41, 5.74) is 0.821. The molecular weight excluding hydrogens is 310 g/mol. The molecule has 0 bridgehead atoms. The van der Waals surface area contributed by atoms with Gasteiger partial charge in [-0.25, -0.2) is 0 Å². The number of halogens is 1. The minimum Gasteiger partial charge on any atom is -0.363 e. The molecule has 1 aromatic carbocycles. The molecule has 3 rings (SSSR count). The van der Waals surface area contributed by atoms with E-state index >= 15 is 0 Å². The third kappa shape index (κ3) is 2.86. The van der Waals surface area contributed by atoms with Gasteiger partial charge in [-0.2, -0.15) is 4.98 Å². The van der Waals surface area contributed by atoms with Gasteiger partial charge in [-0.3, -0.25) is 0 Å². The molecule has 2 aromatic rings. The Morgan fingerprint density at radius 1 is 1.37 bits per heavy atom. The van der Waals surface area contributed by atoms with Gasteiger partial charge < -0.3 is 14.6 Å². The second-order valence-electron chi connectivity index (χ2n) is 4.86. The van der Waals surface area contributed by atoms with E-state index in [1.807, 2.05) is 24.3 Å². The zero-order valence-electron chi connectivity index (χ0n) is 10.5. The lowest BCUT2D eigenvalue weighted by Gasteiger charge is -2.38. The van der Waals surface area contributed by atoms with Crippen LogP contribution in [0.5, 0.6) is 0 Å². The van der Waals surface area contributed by atoms with Crippen molar-refractivity contribution in [2.45, 2.75) is 19.1 Å². The van der Waals surface area contributed by atoms with Gasteiger partial charge in [0.15, 0.2) is 0 Å². The van der Waals surface area contributed by atoms with Gasteiger partial charge in [0.05, 0.1) is 5.60 Å². The van der Waals surface area contributed by atoms with Crippen molar-refractivity contribution in [3.63, 3.8) is 0 Å². The number of ether oxygens (including phenoxy) is 1. The molecule has 0 radical (unpaired) electrons. The fourth-order valence-corrected chi connectivity index (χ4v) is 2.11. The molecule has 1 aromatic heterocycles. The summed E-state index contributed by atoms with van der Waals surface area (Å²) in [6.07, 6.45) is 0. The lowest BCUT2D eigenvalue weighted by atomic mass is 10.0. The number of hydrogen-bond acceptors (Lipinski definition) is 5. The van der Waals surface area contributed by atoms with Crippen LogP contribution in [0.4, 0.5) is 0 Å². The number of hydrogen-bond donors (Lipinski definition) is 1. The maximum absolute atomic E-state index is 5.75. The van der Waals surface area contributed by atoms with E-state index in [-0.39, 0.29) is 5.60 Å². The highest BCUT2D eigenvalue weighted by molar-refractivity contribution is 9.10. The van der Waals surface area contributed by atoms with E-state index in [1.54, 1.807) is 0 Å². The molecule has 0 spiro atoms. The van der Waals surface area contributed by atoms with Gasteiger partial charge in [0.2, 0.25) is 5.82 Å². The highest BCUT2D eigenvalue weighted by Gasteiger charge is 2.33. The number of aromatic nitrogens is 2. The van der Waals surface area contributed by atoms with Gasteiger partial charge in [0.1, 0.15) is 6.61 Å². The lowest BCUT2D eigenvalue weighted by Crippen LogP contribution is -2.58. The summed E-state index contributed by atoms with van der Waals surface area (Å²) < 4.78 is 12.0. The average molecular weight is 324 g/mol. The molecule has 6 heteroatoms. The van der Waals surface area contributed by atoms with E-state index in [2.05, 4.69) is 38.3 Å². The van der Waals surface area contributed by atoms with Crippen molar-refractivity contribution >= 4 is 15.9 Å². The first-order valence-electron chi connectivity index (χ1n) is 6.08. The first-order chi connectivity index (χ1) is 9.15. The van der Waals surface area contributed by atoms with Gasteiger partial charge in [0.25, 0.3) is 5.89 Å². The fraction of sp³-hybridized carbons (Fsp3) is 0.385. The Hall–Kier alpha value is -1.24. The first kappa shape index (κ1) is 12.8. The molecular formula is C13H14BrN3O2. The molecule has 100 valence electrons. The number of nitrogens with zero attached hydrogens (tertiary/aromatic N) is 2. The summed E-state index contributed by atoms with van der Waals surface area (Å²) >= 11 is 3.39. The Balaban J connectivity index is 1.67. The predicted octanol–water partition coefficient (Wildman–Crippen LogP) is 2.38. The van der Waals surface area contributed by atoms with Crippen LogP contribution in [-0.4, -0.2) is 28.8 Å². The molecule has 1 N–H and O–H groups in total. The zero-order valence-corrected chi connectivity index (χ0v) is 12.1. The summed E-state index contributed by atoms with van der Waals surface area (Å²) in [6, 6.07) is 7.78. The minimum atomic E-state index is -0.105. The Morgan fingerprint density at radius 3 is 2.74 bits per heavy atom. The van der Waals surface area contributed by atoms with Gasteiger partial charge in [-0.15, -0.1) is 0 Å². The lowest BCUT2D eigenvalue weighted by molar-refractivity contribution is -0.0841. The van der Waals surface area contributed by atoms with E-state index in [4.69, 9.17) is 9.26 Å². The maximum Gasteiger partial charge on any atom is 0.252 e. The highest BCUT2D eigenvalue weighted by Crippen LogP contribution is 2.21. The van der Waals surface area contributed by atoms with Crippen LogP contribution in [-0.2, 0) is 11.3 Å². The Morgan fingerprint density at radius 2 is 2.11 bits per heavy atom. The fourth-order valence-electron chi connectivity index (χ4n) is 1.84. The Kier molecular flexibility index (Phi) is 3.38. The minimum absolute atomic E-state index is 0.105. The van der Waals surface area contributed by atoms with Crippen molar-refractivity contribution in [1.29, 1.82) is 0 Å². The van der Waals surface area contributed by atoms with Crippen molar-refractivity contribution in [1.82, 2.24) is 15.5 Å². The third-order valence-electron chi connectivity index (χ3n) is 3.11. The van der Waals surface area contributed by atoms with E-state index in [0.29, 0.717) is 18.3 Å². The van der Waals surface area contributed by atoms with Crippen LogP contribution >= 0.6 is 15.9 Å². The SMILES string of the molecule is CC1(OCc2nc(-c3ccc(Br)cc3)no2)CNC1. The van der Waals surface area contributed by atoms with Gasteiger partial charge in [-0.05, 0) is 31.2 Å². The highest BCUT2D eigenvalue weighted by atomic mass is 79.9. The van der Waals surface area contributed by atoms with Crippen molar-refractivity contribution in [3.8, 4) is 11.4 Å². The van der Waals surface area contributed by atoms with E-state index in [0.717, 1.165) is 23.1 Å². The summed E-state index contributed by atoms with van der Waals surface area (Å²) in [5.74, 6) is 1.09. The van der Waals surface area contributed by atoms with Crippen LogP contribution in [0.3, 0.4) is 0 Å². The largest absolute Gasteiger partial charge is 0.363 e. The Labute approximate surface area is 119 Å². The van der Waals surface area contributed by atoms with Crippen molar-refractivity contribution in [2.75, 3.05) is 13.1 Å². The smallest absolute Gasteiger partial charge is 0.252 e. The van der Waals surface area contributed by atoms with Crippen LogP contribution in [0.15, 0.2) is 33.3 Å². The van der Waals surface area contributed by atoms with E-state index in [1.165, 1.54) is 0 Å². The molecule has 1 fully saturated rings. The van der Waals surface area contributed by atoms with Gasteiger partial charge >= 0.3 is 0 Å². The van der Waals surface area contributed by atoms with Gasteiger partial charge in [-0.1, -0.05) is 21.1 Å². The van der Waals surface area contributed by atoms with Crippen LogP contribution in [0.2, 0.25) is 0 Å². The summed E-state index contributed by atoms with van der Waals surface area (Å²) in [6.45, 7) is 4.14. The van der Waals surface area contributed by atoms with E-state index in [9.17, 15) is 0 Å². The monoisotopic (exact) mass is 323 g/mol. The average Bonchev–Trinajstić information content (AvgIpc) is 2.84. The Bertz CT molecular complexity index is 564. The molecule has 19 heavy (non-hydrogen) atoms. The number of benzene rings is 1. The summed E-state index contributed by atoms with van der Waals surface area (Å²) in [4.78, 5) is 4.33. The van der Waals surface area contributed by atoms with Crippen LogP contribution in [0.1, 0.15) is 12.8 Å². The molecule has 0 atom stereocenters. The van der Waals surface area contributed by atoms with Crippen molar-refractivity contribution in [3.05, 3.63) is 34.6 Å². The quantitative estimate of drug-likeness (QED) is 0.936. The summed E-state index contributed by atoms with van der Waals surface area (Å²) in [7, 11) is 0.